The van der Waals surface area contributed by atoms with Crippen molar-refractivity contribution in [3.63, 3.8) is 0 Å². The van der Waals surface area contributed by atoms with Crippen molar-refractivity contribution in [3.8, 4) is 0 Å². The highest BCUT2D eigenvalue weighted by atomic mass is 35.5. The van der Waals surface area contributed by atoms with Gasteiger partial charge in [-0.15, -0.1) is 11.6 Å². The molecule has 3 atom stereocenters. The normalized spacial score (nSPS) is 43.3. The van der Waals surface area contributed by atoms with Gasteiger partial charge in [0.05, 0.1) is 0 Å². The Bertz CT molecular complexity index is 68.6. The first-order chi connectivity index (χ1) is 3.22. The molecule has 42 valence electrons. The van der Waals surface area contributed by atoms with Crippen LogP contribution < -0.4 is 0 Å². The van der Waals surface area contributed by atoms with Crippen molar-refractivity contribution in [2.45, 2.75) is 25.6 Å². The van der Waals surface area contributed by atoms with E-state index < -0.39 is 0 Å². The van der Waals surface area contributed by atoms with Crippen LogP contribution in [0.2, 0.25) is 0 Å². The molecule has 0 heterocycles. The van der Waals surface area contributed by atoms with Gasteiger partial charge in [0, 0.05) is 5.38 Å². The number of halogens is 1. The third-order valence-electron chi connectivity index (χ3n) is 1.76. The number of rotatable bonds is 1. The van der Waals surface area contributed by atoms with E-state index in [1.165, 1.54) is 6.42 Å². The molecule has 0 nitrogen and oxygen atoms in total. The molecule has 1 saturated carbocycles. The monoisotopic (exact) mass is 118 g/mol. The summed E-state index contributed by atoms with van der Waals surface area (Å²) < 4.78 is 0. The highest BCUT2D eigenvalue weighted by Gasteiger charge is 2.35. The molecule has 0 spiro atoms. The average Bonchev–Trinajstić information content (AvgIpc) is 2.17. The van der Waals surface area contributed by atoms with E-state index in [1.54, 1.807) is 0 Å². The first kappa shape index (κ1) is 5.43. The Morgan fingerprint density at radius 3 is 2.14 bits per heavy atom. The molecule has 1 aliphatic rings. The SMILES string of the molecule is C[C@H](Cl)[C@H]1C[C@@H]1C. The molecule has 0 aromatic rings. The van der Waals surface area contributed by atoms with Crippen LogP contribution in [0.1, 0.15) is 20.3 Å². The Morgan fingerprint density at radius 1 is 1.71 bits per heavy atom. The largest absolute Gasteiger partial charge is 0.123 e. The van der Waals surface area contributed by atoms with Gasteiger partial charge in [0.15, 0.2) is 0 Å². The van der Waals surface area contributed by atoms with Crippen LogP contribution in [0.5, 0.6) is 0 Å². The van der Waals surface area contributed by atoms with E-state index in [2.05, 4.69) is 13.8 Å². The van der Waals surface area contributed by atoms with Crippen molar-refractivity contribution in [1.82, 2.24) is 0 Å². The molecule has 0 aromatic carbocycles. The molecule has 1 fully saturated rings. The maximum atomic E-state index is 5.77. The summed E-state index contributed by atoms with van der Waals surface area (Å²) in [6, 6.07) is 0. The van der Waals surface area contributed by atoms with E-state index in [-0.39, 0.29) is 0 Å². The van der Waals surface area contributed by atoms with Crippen molar-refractivity contribution in [1.29, 1.82) is 0 Å². The van der Waals surface area contributed by atoms with Gasteiger partial charge in [0.1, 0.15) is 0 Å². The van der Waals surface area contributed by atoms with Crippen LogP contribution in [0.25, 0.3) is 0 Å². The molecule has 1 aliphatic carbocycles. The van der Waals surface area contributed by atoms with Gasteiger partial charge in [0.2, 0.25) is 0 Å². The molecular formula is C6H11Cl. The first-order valence-corrected chi connectivity index (χ1v) is 3.29. The number of hydrogen-bond acceptors (Lipinski definition) is 0. The van der Waals surface area contributed by atoms with E-state index in [1.807, 2.05) is 0 Å². The molecule has 7 heavy (non-hydrogen) atoms. The fourth-order valence-corrected chi connectivity index (χ4v) is 1.34. The molecule has 0 radical (unpaired) electrons. The quantitative estimate of drug-likeness (QED) is 0.464. The molecule has 0 bridgehead atoms. The van der Waals surface area contributed by atoms with Crippen molar-refractivity contribution >= 4 is 11.6 Å². The minimum atomic E-state index is 0.412. The van der Waals surface area contributed by atoms with Gasteiger partial charge in [-0.1, -0.05) is 6.92 Å². The summed E-state index contributed by atoms with van der Waals surface area (Å²) in [6.07, 6.45) is 1.35. The maximum Gasteiger partial charge on any atom is 0.0338 e. The Balaban J connectivity index is 2.20. The second kappa shape index (κ2) is 1.66. The van der Waals surface area contributed by atoms with Crippen molar-refractivity contribution in [2.75, 3.05) is 0 Å². The highest BCUT2D eigenvalue weighted by molar-refractivity contribution is 6.20. The number of hydrogen-bond donors (Lipinski definition) is 0. The molecule has 0 N–H and O–H groups in total. The van der Waals surface area contributed by atoms with E-state index in [0.717, 1.165) is 11.8 Å². The second-order valence-corrected chi connectivity index (χ2v) is 3.24. The van der Waals surface area contributed by atoms with Gasteiger partial charge in [0.25, 0.3) is 0 Å². The van der Waals surface area contributed by atoms with Gasteiger partial charge in [-0.05, 0) is 25.2 Å². The molecule has 1 heteroatoms. The topological polar surface area (TPSA) is 0 Å². The molecular weight excluding hydrogens is 108 g/mol. The van der Waals surface area contributed by atoms with Crippen LogP contribution >= 0.6 is 11.6 Å². The smallest absolute Gasteiger partial charge is 0.0338 e. The maximum absolute atomic E-state index is 5.77. The zero-order chi connectivity index (χ0) is 5.44. The lowest BCUT2D eigenvalue weighted by molar-refractivity contribution is 0.732. The summed E-state index contributed by atoms with van der Waals surface area (Å²) in [5.41, 5.74) is 0. The van der Waals surface area contributed by atoms with Crippen molar-refractivity contribution in [2.24, 2.45) is 11.8 Å². The van der Waals surface area contributed by atoms with Gasteiger partial charge >= 0.3 is 0 Å². The molecule has 1 rings (SSSR count). The van der Waals surface area contributed by atoms with Crippen LogP contribution in [0.15, 0.2) is 0 Å². The predicted octanol–water partition coefficient (Wildman–Crippen LogP) is 2.27. The lowest BCUT2D eigenvalue weighted by Gasteiger charge is -1.94. The Hall–Kier alpha value is 0.290. The Labute approximate surface area is 49.9 Å². The highest BCUT2D eigenvalue weighted by Crippen LogP contribution is 2.42. The van der Waals surface area contributed by atoms with E-state index >= 15 is 0 Å². The van der Waals surface area contributed by atoms with Crippen LogP contribution in [-0.2, 0) is 0 Å². The zero-order valence-electron chi connectivity index (χ0n) is 4.82. The minimum Gasteiger partial charge on any atom is -0.123 e. The third kappa shape index (κ3) is 1.09. The lowest BCUT2D eigenvalue weighted by Crippen LogP contribution is -1.93. The zero-order valence-corrected chi connectivity index (χ0v) is 5.57. The Kier molecular flexibility index (Phi) is 1.29. The van der Waals surface area contributed by atoms with Crippen LogP contribution in [0, 0.1) is 11.8 Å². The summed E-state index contributed by atoms with van der Waals surface area (Å²) in [4.78, 5) is 0. The summed E-state index contributed by atoms with van der Waals surface area (Å²) in [6.45, 7) is 4.33. The van der Waals surface area contributed by atoms with E-state index in [4.69, 9.17) is 11.6 Å². The standard InChI is InChI=1S/C6H11Cl/c1-4-3-6(4)5(2)7/h4-6H,3H2,1-2H3/t4-,5-,6-/m0/s1. The van der Waals surface area contributed by atoms with E-state index in [9.17, 15) is 0 Å². The van der Waals surface area contributed by atoms with Crippen LogP contribution in [-0.4, -0.2) is 5.38 Å². The molecule has 0 saturated heterocycles. The van der Waals surface area contributed by atoms with Gasteiger partial charge in [-0.2, -0.15) is 0 Å². The fraction of sp³-hybridized carbons (Fsp3) is 1.00. The minimum absolute atomic E-state index is 0.412. The van der Waals surface area contributed by atoms with Crippen molar-refractivity contribution < 1.29 is 0 Å². The second-order valence-electron chi connectivity index (χ2n) is 2.55. The average molecular weight is 119 g/mol. The van der Waals surface area contributed by atoms with Gasteiger partial charge < -0.3 is 0 Å². The van der Waals surface area contributed by atoms with Crippen LogP contribution in [0.3, 0.4) is 0 Å². The van der Waals surface area contributed by atoms with Gasteiger partial charge in [-0.3, -0.25) is 0 Å². The summed E-state index contributed by atoms with van der Waals surface area (Å²) in [5.74, 6) is 1.74. The van der Waals surface area contributed by atoms with E-state index in [0.29, 0.717) is 5.38 Å². The fourth-order valence-electron chi connectivity index (χ4n) is 0.991. The molecule has 0 amide bonds. The third-order valence-corrected chi connectivity index (χ3v) is 2.09. The summed E-state index contributed by atoms with van der Waals surface area (Å²) in [7, 11) is 0. The summed E-state index contributed by atoms with van der Waals surface area (Å²) in [5, 5.41) is 0.412. The Morgan fingerprint density at radius 2 is 2.14 bits per heavy atom. The molecule has 0 unspecified atom stereocenters. The predicted molar refractivity (Wildman–Crippen MR) is 32.6 cm³/mol. The molecule has 0 aromatic heterocycles. The van der Waals surface area contributed by atoms with Crippen LogP contribution in [0.4, 0.5) is 0 Å². The number of alkyl halides is 1. The molecule has 0 aliphatic heterocycles. The first-order valence-electron chi connectivity index (χ1n) is 2.86. The van der Waals surface area contributed by atoms with Crippen molar-refractivity contribution in [3.05, 3.63) is 0 Å². The lowest BCUT2D eigenvalue weighted by atomic mass is 10.3. The summed E-state index contributed by atoms with van der Waals surface area (Å²) >= 11 is 5.77. The van der Waals surface area contributed by atoms with Gasteiger partial charge in [-0.25, -0.2) is 0 Å².